The molecule has 1 aromatic carbocycles. The van der Waals surface area contributed by atoms with E-state index in [1.54, 1.807) is 12.3 Å². The second kappa shape index (κ2) is 8.29. The zero-order valence-corrected chi connectivity index (χ0v) is 13.6. The minimum atomic E-state index is -0.0704. The summed E-state index contributed by atoms with van der Waals surface area (Å²) in [5.41, 5.74) is 9.55. The highest BCUT2D eigenvalue weighted by molar-refractivity contribution is 5.97. The van der Waals surface area contributed by atoms with Crippen molar-refractivity contribution >= 4 is 5.84 Å². The van der Waals surface area contributed by atoms with Crippen LogP contribution in [0.3, 0.4) is 0 Å². The molecule has 5 heteroatoms. The van der Waals surface area contributed by atoms with Crippen LogP contribution >= 0.6 is 0 Å². The lowest BCUT2D eigenvalue weighted by atomic mass is 10.0. The van der Waals surface area contributed by atoms with Crippen molar-refractivity contribution in [3.05, 3.63) is 65.0 Å². The zero-order valence-electron chi connectivity index (χ0n) is 13.6. The first-order valence-electron chi connectivity index (χ1n) is 7.68. The zero-order chi connectivity index (χ0) is 16.7. The van der Waals surface area contributed by atoms with Crippen LogP contribution in [0.25, 0.3) is 0 Å². The first-order chi connectivity index (χ1) is 11.1. The van der Waals surface area contributed by atoms with Gasteiger partial charge in [-0.05, 0) is 24.0 Å². The summed E-state index contributed by atoms with van der Waals surface area (Å²) < 4.78 is 0. The van der Waals surface area contributed by atoms with Crippen LogP contribution in [0.2, 0.25) is 0 Å². The molecule has 0 amide bonds. The predicted molar refractivity (Wildman–Crippen MR) is 90.7 cm³/mol. The van der Waals surface area contributed by atoms with Gasteiger partial charge in [0.05, 0.1) is 12.3 Å². The normalized spacial score (nSPS) is 11.7. The van der Waals surface area contributed by atoms with E-state index in [0.29, 0.717) is 17.4 Å². The molecule has 2 aromatic rings. The van der Waals surface area contributed by atoms with Crippen molar-refractivity contribution in [3.8, 4) is 0 Å². The Balaban J connectivity index is 1.91. The van der Waals surface area contributed by atoms with E-state index in [2.05, 4.69) is 36.1 Å². The van der Waals surface area contributed by atoms with Crippen LogP contribution in [-0.2, 0) is 24.5 Å². The smallest absolute Gasteiger partial charge is 0.170 e. The Kier molecular flexibility index (Phi) is 6.11. The summed E-state index contributed by atoms with van der Waals surface area (Å²) in [6.07, 6.45) is 2.70. The molecule has 0 unspecified atom stereocenters. The van der Waals surface area contributed by atoms with E-state index in [1.165, 1.54) is 5.56 Å². The average Bonchev–Trinajstić information content (AvgIpc) is 2.55. The molecule has 0 radical (unpaired) electrons. The summed E-state index contributed by atoms with van der Waals surface area (Å²) in [5.74, 6) is 0.974. The maximum Gasteiger partial charge on any atom is 0.170 e. The molecule has 0 atom stereocenters. The fourth-order valence-electron chi connectivity index (χ4n) is 2.15. The Bertz CT molecular complexity index is 634. The molecule has 0 aliphatic rings. The van der Waals surface area contributed by atoms with Crippen LogP contribution in [0, 0.1) is 5.92 Å². The van der Waals surface area contributed by atoms with Gasteiger partial charge in [0.15, 0.2) is 5.84 Å². The molecule has 3 N–H and O–H groups in total. The number of pyridine rings is 1. The molecule has 122 valence electrons. The molecule has 0 spiro atoms. The lowest BCUT2D eigenvalue weighted by molar-refractivity contribution is 0.130. The molecule has 0 aliphatic carbocycles. The van der Waals surface area contributed by atoms with E-state index in [4.69, 9.17) is 15.7 Å². The highest BCUT2D eigenvalue weighted by Crippen LogP contribution is 2.10. The Hall–Kier alpha value is -2.40. The molecule has 5 nitrogen and oxygen atoms in total. The number of hydrogen-bond acceptors (Lipinski definition) is 4. The number of oxime groups is 1. The largest absolute Gasteiger partial charge is 0.390 e. The SMILES string of the molecule is CC(C)Cc1ccc(/C(N)=N/OCc2ccc(CO)nc2)cc1. The van der Waals surface area contributed by atoms with Crippen LogP contribution in [0.1, 0.15) is 36.2 Å². The Morgan fingerprint density at radius 2 is 1.87 bits per heavy atom. The van der Waals surface area contributed by atoms with Gasteiger partial charge in [0.25, 0.3) is 0 Å². The van der Waals surface area contributed by atoms with Gasteiger partial charge < -0.3 is 15.7 Å². The van der Waals surface area contributed by atoms with Crippen LogP contribution in [0.5, 0.6) is 0 Å². The molecule has 0 bridgehead atoms. The minimum absolute atomic E-state index is 0.0704. The van der Waals surface area contributed by atoms with Gasteiger partial charge in [-0.3, -0.25) is 4.98 Å². The van der Waals surface area contributed by atoms with E-state index in [0.717, 1.165) is 17.5 Å². The summed E-state index contributed by atoms with van der Waals surface area (Å²) in [7, 11) is 0. The molecular weight excluding hydrogens is 290 g/mol. The summed E-state index contributed by atoms with van der Waals surface area (Å²) in [6, 6.07) is 11.6. The number of nitrogens with zero attached hydrogens (tertiary/aromatic N) is 2. The summed E-state index contributed by atoms with van der Waals surface area (Å²) in [5, 5.41) is 12.9. The van der Waals surface area contributed by atoms with E-state index in [9.17, 15) is 0 Å². The van der Waals surface area contributed by atoms with Crippen molar-refractivity contribution in [2.45, 2.75) is 33.5 Å². The van der Waals surface area contributed by atoms with Gasteiger partial charge in [-0.2, -0.15) is 0 Å². The van der Waals surface area contributed by atoms with Gasteiger partial charge in [-0.15, -0.1) is 0 Å². The van der Waals surface area contributed by atoms with Crippen LogP contribution in [-0.4, -0.2) is 15.9 Å². The maximum absolute atomic E-state index is 8.94. The maximum atomic E-state index is 8.94. The van der Waals surface area contributed by atoms with E-state index in [1.807, 2.05) is 18.2 Å². The van der Waals surface area contributed by atoms with Crippen molar-refractivity contribution in [1.82, 2.24) is 4.98 Å². The number of aromatic nitrogens is 1. The number of amidine groups is 1. The second-order valence-electron chi connectivity index (χ2n) is 5.86. The van der Waals surface area contributed by atoms with Gasteiger partial charge in [0.2, 0.25) is 0 Å². The number of nitrogens with two attached hydrogens (primary N) is 1. The monoisotopic (exact) mass is 313 g/mol. The fourth-order valence-corrected chi connectivity index (χ4v) is 2.15. The average molecular weight is 313 g/mol. The number of aliphatic hydroxyl groups excluding tert-OH is 1. The van der Waals surface area contributed by atoms with E-state index in [-0.39, 0.29) is 13.2 Å². The third-order valence-corrected chi connectivity index (χ3v) is 3.34. The molecule has 0 saturated heterocycles. The third-order valence-electron chi connectivity index (χ3n) is 3.34. The van der Waals surface area contributed by atoms with Crippen LogP contribution < -0.4 is 5.73 Å². The topological polar surface area (TPSA) is 80.7 Å². The van der Waals surface area contributed by atoms with Crippen molar-refractivity contribution in [1.29, 1.82) is 0 Å². The molecule has 23 heavy (non-hydrogen) atoms. The van der Waals surface area contributed by atoms with Crippen molar-refractivity contribution < 1.29 is 9.94 Å². The van der Waals surface area contributed by atoms with E-state index >= 15 is 0 Å². The highest BCUT2D eigenvalue weighted by Gasteiger charge is 2.02. The summed E-state index contributed by atoms with van der Waals surface area (Å²) in [4.78, 5) is 9.34. The quantitative estimate of drug-likeness (QED) is 0.468. The van der Waals surface area contributed by atoms with Crippen molar-refractivity contribution in [2.24, 2.45) is 16.8 Å². The Morgan fingerprint density at radius 3 is 2.43 bits per heavy atom. The van der Waals surface area contributed by atoms with Crippen molar-refractivity contribution in [3.63, 3.8) is 0 Å². The standard InChI is InChI=1S/C18H23N3O2/c1-13(2)9-14-3-6-16(7-4-14)18(19)21-23-12-15-5-8-17(11-22)20-10-15/h3-8,10,13,22H,9,11-12H2,1-2H3,(H2,19,21). The molecule has 0 saturated carbocycles. The molecular formula is C18H23N3O2. The number of aliphatic hydroxyl groups is 1. The molecule has 0 fully saturated rings. The van der Waals surface area contributed by atoms with E-state index < -0.39 is 0 Å². The molecule has 0 aliphatic heterocycles. The third kappa shape index (κ3) is 5.38. The van der Waals surface area contributed by atoms with Gasteiger partial charge in [0.1, 0.15) is 6.61 Å². The fraction of sp³-hybridized carbons (Fsp3) is 0.333. The Labute approximate surface area is 136 Å². The minimum Gasteiger partial charge on any atom is -0.390 e. The Morgan fingerprint density at radius 1 is 1.17 bits per heavy atom. The van der Waals surface area contributed by atoms with Gasteiger partial charge >= 0.3 is 0 Å². The van der Waals surface area contributed by atoms with Crippen LogP contribution in [0.15, 0.2) is 47.8 Å². The molecule has 1 heterocycles. The number of benzene rings is 1. The number of hydrogen-bond donors (Lipinski definition) is 2. The lowest BCUT2D eigenvalue weighted by Crippen LogP contribution is -2.14. The second-order valence-corrected chi connectivity index (χ2v) is 5.86. The lowest BCUT2D eigenvalue weighted by Gasteiger charge is -2.06. The first-order valence-corrected chi connectivity index (χ1v) is 7.68. The highest BCUT2D eigenvalue weighted by atomic mass is 16.6. The number of rotatable bonds is 7. The van der Waals surface area contributed by atoms with Gasteiger partial charge in [0, 0.05) is 17.3 Å². The predicted octanol–water partition coefficient (Wildman–Crippen LogP) is 2.61. The van der Waals surface area contributed by atoms with Crippen LogP contribution in [0.4, 0.5) is 0 Å². The molecule has 2 rings (SSSR count). The van der Waals surface area contributed by atoms with Crippen molar-refractivity contribution in [2.75, 3.05) is 0 Å². The van der Waals surface area contributed by atoms with Gasteiger partial charge in [-0.25, -0.2) is 0 Å². The summed E-state index contributed by atoms with van der Waals surface area (Å²) in [6.45, 7) is 4.60. The first kappa shape index (κ1) is 17.0. The summed E-state index contributed by atoms with van der Waals surface area (Å²) >= 11 is 0. The van der Waals surface area contributed by atoms with Gasteiger partial charge in [-0.1, -0.05) is 49.3 Å². The molecule has 1 aromatic heterocycles.